The fraction of sp³-hybridized carbons (Fsp3) is 0.161. The van der Waals surface area contributed by atoms with E-state index in [1.54, 1.807) is 11.1 Å². The molecule has 0 amide bonds. The molecule has 0 aliphatic heterocycles. The number of rotatable bonds is 2. The summed E-state index contributed by atoms with van der Waals surface area (Å²) in [6, 6.07) is 29.9. The number of benzene rings is 5. The van der Waals surface area contributed by atoms with E-state index in [1.807, 2.05) is 0 Å². The van der Waals surface area contributed by atoms with Crippen LogP contribution in [0.4, 0.5) is 0 Å². The standard InChI is InChI=1S/C31H23.Li/c1-2-7-27-21(4-1)11-14-30-28-13-8-20(16-24(28)12-15-29(27)30)17-25-9-10-26-18-22-5-3-6-23(22)19-31(25)26;/h1-2,4,7-16,18-19H,3,5-6,17H2;. The van der Waals surface area contributed by atoms with Crippen LogP contribution in [0.3, 0.4) is 0 Å². The van der Waals surface area contributed by atoms with E-state index in [0.717, 1.165) is 6.42 Å². The van der Waals surface area contributed by atoms with Crippen LogP contribution in [-0.2, 0) is 23.4 Å². The molecule has 0 spiro atoms. The van der Waals surface area contributed by atoms with Gasteiger partial charge in [-0.05, 0) is 0 Å². The fourth-order valence-electron chi connectivity index (χ4n) is 6.21. The second-order valence-corrected chi connectivity index (χ2v) is 9.99. The molecule has 0 saturated heterocycles. The van der Waals surface area contributed by atoms with E-state index in [0.29, 0.717) is 0 Å². The molecule has 2 aliphatic carbocycles. The molecule has 0 fully saturated rings. The molecule has 0 N–H and O–H groups in total. The molecular formula is C31H23Li. The van der Waals surface area contributed by atoms with Crippen molar-refractivity contribution < 1.29 is 0 Å². The zero-order valence-electron chi connectivity index (χ0n) is 18.5. The van der Waals surface area contributed by atoms with Gasteiger partial charge in [-0.25, -0.2) is 0 Å². The van der Waals surface area contributed by atoms with Gasteiger partial charge in [0, 0.05) is 0 Å². The van der Waals surface area contributed by atoms with Crippen LogP contribution in [0.2, 0.25) is 0 Å². The molecule has 5 aromatic carbocycles. The van der Waals surface area contributed by atoms with E-state index < -0.39 is 0 Å². The van der Waals surface area contributed by atoms with Crippen LogP contribution in [0.15, 0.2) is 84.9 Å². The Balaban J connectivity index is 1.31. The fourth-order valence-corrected chi connectivity index (χ4v) is 6.21. The number of fused-ring (bicyclic) bond motifs is 7. The van der Waals surface area contributed by atoms with Crippen molar-refractivity contribution in [2.45, 2.75) is 29.8 Å². The maximum absolute atomic E-state index is 2.51. The third-order valence-corrected chi connectivity index (χ3v) is 7.89. The molecule has 1 atom stereocenters. The molecule has 5 aromatic rings. The molecule has 1 unspecified atom stereocenters. The molecule has 32 heavy (non-hydrogen) atoms. The first-order valence-corrected chi connectivity index (χ1v) is 11.9. The summed E-state index contributed by atoms with van der Waals surface area (Å²) in [7, 11) is 0. The number of allylic oxidation sites excluding steroid dienone is 1. The van der Waals surface area contributed by atoms with Crippen LogP contribution in [0.5, 0.6) is 0 Å². The van der Waals surface area contributed by atoms with Crippen LogP contribution in [0.25, 0.3) is 38.4 Å². The van der Waals surface area contributed by atoms with Crippen LogP contribution in [-0.4, -0.2) is 17.7 Å². The van der Waals surface area contributed by atoms with Crippen LogP contribution < -0.4 is 0 Å². The number of hydrogen-bond acceptors (Lipinski definition) is 0. The Kier molecular flexibility index (Phi) is 4.02. The Labute approximate surface area is 198 Å². The average Bonchev–Trinajstić information content (AvgIpc) is 3.41. The Morgan fingerprint density at radius 3 is 2.28 bits per heavy atom. The van der Waals surface area contributed by atoms with Gasteiger partial charge < -0.3 is 0 Å². The predicted molar refractivity (Wildman–Crippen MR) is 138 cm³/mol. The molecule has 2 aliphatic rings. The van der Waals surface area contributed by atoms with Gasteiger partial charge in [-0.3, -0.25) is 0 Å². The van der Waals surface area contributed by atoms with Gasteiger partial charge in [0.15, 0.2) is 0 Å². The van der Waals surface area contributed by atoms with E-state index in [1.165, 1.54) is 68.3 Å². The van der Waals surface area contributed by atoms with Crippen molar-refractivity contribution in [1.82, 2.24) is 0 Å². The Hall–Kier alpha value is -2.78. The van der Waals surface area contributed by atoms with Gasteiger partial charge in [0.2, 0.25) is 0 Å². The van der Waals surface area contributed by atoms with E-state index >= 15 is 0 Å². The Morgan fingerprint density at radius 2 is 1.41 bits per heavy atom. The molecule has 1 heteroatoms. The molecule has 148 valence electrons. The molecule has 0 heterocycles. The molecule has 0 radical (unpaired) electrons. The second kappa shape index (κ2) is 6.86. The monoisotopic (exact) mass is 402 g/mol. The van der Waals surface area contributed by atoms with Crippen LogP contribution in [0, 0.1) is 0 Å². The SMILES string of the molecule is [Li][C]1(Cc2ccc3c(ccc4c5ccccc5ccc34)c2)C=Cc2cc3c(cc21)CCC3. The molecule has 0 bridgehead atoms. The van der Waals surface area contributed by atoms with E-state index in [9.17, 15) is 0 Å². The molecule has 0 aromatic heterocycles. The maximum atomic E-state index is 2.51. The Bertz CT molecular complexity index is 1590. The van der Waals surface area contributed by atoms with Crippen molar-refractivity contribution in [3.8, 4) is 0 Å². The predicted octanol–water partition coefficient (Wildman–Crippen LogP) is 7.27. The third-order valence-electron chi connectivity index (χ3n) is 7.89. The first-order chi connectivity index (χ1) is 15.7. The first-order valence-electron chi connectivity index (χ1n) is 11.9. The van der Waals surface area contributed by atoms with Gasteiger partial charge >= 0.3 is 199 Å². The summed E-state index contributed by atoms with van der Waals surface area (Å²) < 4.78 is 0.0771. The van der Waals surface area contributed by atoms with Crippen molar-refractivity contribution in [2.75, 3.05) is 0 Å². The summed E-state index contributed by atoms with van der Waals surface area (Å²) in [5, 5.41) is 8.02. The average molecular weight is 402 g/mol. The second-order valence-electron chi connectivity index (χ2n) is 9.99. The summed E-state index contributed by atoms with van der Waals surface area (Å²) in [4.78, 5) is 0. The van der Waals surface area contributed by atoms with Crippen LogP contribution >= 0.6 is 0 Å². The van der Waals surface area contributed by atoms with Gasteiger partial charge in [-0.1, -0.05) is 0 Å². The van der Waals surface area contributed by atoms with Crippen molar-refractivity contribution in [3.05, 3.63) is 113 Å². The number of hydrogen-bond donors (Lipinski definition) is 0. The first kappa shape index (κ1) is 18.8. The summed E-state index contributed by atoms with van der Waals surface area (Å²) in [6.07, 6.45) is 9.64. The van der Waals surface area contributed by atoms with Gasteiger partial charge in [-0.15, -0.1) is 0 Å². The zero-order chi connectivity index (χ0) is 21.3. The minimum atomic E-state index is 0.0771. The third kappa shape index (κ3) is 2.77. The van der Waals surface area contributed by atoms with Gasteiger partial charge in [-0.2, -0.15) is 0 Å². The summed E-state index contributed by atoms with van der Waals surface area (Å²) in [5.41, 5.74) is 7.52. The molecule has 7 rings (SSSR count). The number of aryl methyl sites for hydroxylation is 2. The normalized spacial score (nSPS) is 19.2. The molecule has 0 saturated carbocycles. The van der Waals surface area contributed by atoms with E-state index in [-0.39, 0.29) is 4.09 Å². The summed E-state index contributed by atoms with van der Waals surface area (Å²) >= 11 is 2.41. The van der Waals surface area contributed by atoms with Gasteiger partial charge in [0.05, 0.1) is 0 Å². The summed E-state index contributed by atoms with van der Waals surface area (Å²) in [5.74, 6) is 0. The van der Waals surface area contributed by atoms with Gasteiger partial charge in [0.25, 0.3) is 0 Å². The van der Waals surface area contributed by atoms with Crippen molar-refractivity contribution in [1.29, 1.82) is 0 Å². The minimum absolute atomic E-state index is 0.0771. The van der Waals surface area contributed by atoms with Crippen molar-refractivity contribution in [2.24, 2.45) is 0 Å². The topological polar surface area (TPSA) is 0 Å². The molecule has 0 nitrogen and oxygen atoms in total. The van der Waals surface area contributed by atoms with E-state index in [4.69, 9.17) is 0 Å². The van der Waals surface area contributed by atoms with Crippen molar-refractivity contribution >= 4 is 56.1 Å². The van der Waals surface area contributed by atoms with Crippen LogP contribution in [0.1, 0.15) is 34.2 Å². The summed E-state index contributed by atoms with van der Waals surface area (Å²) in [6.45, 7) is 0. The zero-order valence-corrected chi connectivity index (χ0v) is 18.5. The molecular weight excluding hydrogens is 379 g/mol. The van der Waals surface area contributed by atoms with E-state index in [2.05, 4.69) is 109 Å². The Morgan fingerprint density at radius 1 is 0.688 bits per heavy atom. The van der Waals surface area contributed by atoms with Gasteiger partial charge in [0.1, 0.15) is 0 Å². The quantitative estimate of drug-likeness (QED) is 0.215. The van der Waals surface area contributed by atoms with Crippen molar-refractivity contribution in [3.63, 3.8) is 0 Å².